The van der Waals surface area contributed by atoms with E-state index in [2.05, 4.69) is 30.7 Å². The third kappa shape index (κ3) is 4.90. The Bertz CT molecular complexity index is 918. The molecule has 10 nitrogen and oxygen atoms in total. The van der Waals surface area contributed by atoms with Gasteiger partial charge in [-0.05, 0) is 12.1 Å². The molecule has 3 aromatic heterocycles. The van der Waals surface area contributed by atoms with E-state index in [1.54, 1.807) is 24.5 Å². The van der Waals surface area contributed by atoms with E-state index < -0.39 is 11.9 Å². The number of aliphatic hydroxyl groups excluding tert-OH is 1. The summed E-state index contributed by atoms with van der Waals surface area (Å²) in [5.41, 5.74) is 6.36. The summed E-state index contributed by atoms with van der Waals surface area (Å²) >= 11 is 6.16. The molecule has 5 N–H and O–H groups in total. The Morgan fingerprint density at radius 3 is 2.89 bits per heavy atom. The first-order chi connectivity index (χ1) is 13.0. The zero-order chi connectivity index (χ0) is 19.2. The van der Waals surface area contributed by atoms with Crippen molar-refractivity contribution in [3.63, 3.8) is 0 Å². The van der Waals surface area contributed by atoms with Gasteiger partial charge in [-0.25, -0.2) is 4.98 Å². The van der Waals surface area contributed by atoms with Gasteiger partial charge in [-0.1, -0.05) is 17.7 Å². The van der Waals surface area contributed by atoms with Crippen molar-refractivity contribution >= 4 is 35.0 Å². The fourth-order valence-electron chi connectivity index (χ4n) is 2.29. The molecular weight excluding hydrogens is 372 g/mol. The predicted molar refractivity (Wildman–Crippen MR) is 99.4 cm³/mol. The molecule has 1 atom stereocenters. The van der Waals surface area contributed by atoms with Crippen LogP contribution in [0.15, 0.2) is 43.0 Å². The normalized spacial score (nSPS) is 11.8. The van der Waals surface area contributed by atoms with Gasteiger partial charge >= 0.3 is 0 Å². The Morgan fingerprint density at radius 2 is 2.19 bits per heavy atom. The fraction of sp³-hybridized carbons (Fsp3) is 0.188. The second-order valence-electron chi connectivity index (χ2n) is 5.54. The molecule has 3 aromatic rings. The molecule has 0 aliphatic heterocycles. The summed E-state index contributed by atoms with van der Waals surface area (Å²) in [6.07, 6.45) is 6.18. The molecule has 0 spiro atoms. The fourth-order valence-corrected chi connectivity index (χ4v) is 2.44. The number of aliphatic hydroxyl groups is 1. The first kappa shape index (κ1) is 18.5. The van der Waals surface area contributed by atoms with Crippen molar-refractivity contribution in [2.45, 2.75) is 12.6 Å². The van der Waals surface area contributed by atoms with E-state index in [4.69, 9.17) is 17.3 Å². The molecule has 3 rings (SSSR count). The number of halogens is 1. The molecule has 11 heteroatoms. The van der Waals surface area contributed by atoms with E-state index in [9.17, 15) is 9.90 Å². The van der Waals surface area contributed by atoms with Crippen molar-refractivity contribution in [3.05, 3.63) is 53.7 Å². The lowest BCUT2D eigenvalue weighted by molar-refractivity contribution is -0.118. The van der Waals surface area contributed by atoms with E-state index in [0.29, 0.717) is 22.2 Å². The lowest BCUT2D eigenvalue weighted by Gasteiger charge is -2.17. The van der Waals surface area contributed by atoms with Gasteiger partial charge in [-0.2, -0.15) is 10.1 Å². The highest BCUT2D eigenvalue weighted by molar-refractivity contribution is 6.32. The Hall–Kier alpha value is -3.24. The second kappa shape index (κ2) is 8.43. The minimum absolute atomic E-state index is 0.0295. The first-order valence-corrected chi connectivity index (χ1v) is 8.31. The molecule has 0 saturated carbocycles. The van der Waals surface area contributed by atoms with Gasteiger partial charge in [0.05, 0.1) is 36.4 Å². The summed E-state index contributed by atoms with van der Waals surface area (Å²) in [5.74, 6) is 0.102. The molecule has 1 unspecified atom stereocenters. The minimum Gasteiger partial charge on any atom is -0.394 e. The number of pyridine rings is 1. The Kier molecular flexibility index (Phi) is 5.79. The van der Waals surface area contributed by atoms with Gasteiger partial charge in [-0.3, -0.25) is 14.5 Å². The number of rotatable bonds is 8. The number of hydrogen-bond donors (Lipinski definition) is 4. The standard InChI is InChI=1S/C16H17ClN8O2/c17-11-6-20-16(22-10-5-21-25(7-10)8-14(18)27)24-15(11)23-13(9-26)12-3-1-2-4-19-12/h1-7,13,26H,8-9H2,(H2,18,27)(H2,20,22,23,24). The minimum atomic E-state index is -0.497. The second-order valence-corrected chi connectivity index (χ2v) is 5.95. The molecule has 0 saturated heterocycles. The maximum Gasteiger partial charge on any atom is 0.239 e. The SMILES string of the molecule is NC(=O)Cn1cc(Nc2ncc(Cl)c(NC(CO)c3ccccn3)n2)cn1. The monoisotopic (exact) mass is 388 g/mol. The third-order valence-electron chi connectivity index (χ3n) is 3.49. The number of hydrogen-bond acceptors (Lipinski definition) is 8. The highest BCUT2D eigenvalue weighted by atomic mass is 35.5. The van der Waals surface area contributed by atoms with E-state index >= 15 is 0 Å². The van der Waals surface area contributed by atoms with Crippen LogP contribution in [0.5, 0.6) is 0 Å². The summed E-state index contributed by atoms with van der Waals surface area (Å²) in [4.78, 5) is 23.6. The van der Waals surface area contributed by atoms with Gasteiger partial charge in [0, 0.05) is 12.4 Å². The highest BCUT2D eigenvalue weighted by Crippen LogP contribution is 2.25. The number of anilines is 3. The van der Waals surface area contributed by atoms with Crippen molar-refractivity contribution < 1.29 is 9.90 Å². The van der Waals surface area contributed by atoms with Crippen LogP contribution in [-0.2, 0) is 11.3 Å². The average Bonchev–Trinajstić information content (AvgIpc) is 3.09. The van der Waals surface area contributed by atoms with Gasteiger partial charge in [0.15, 0.2) is 5.82 Å². The molecule has 0 aromatic carbocycles. The average molecular weight is 389 g/mol. The zero-order valence-electron chi connectivity index (χ0n) is 14.1. The van der Waals surface area contributed by atoms with Crippen molar-refractivity contribution in [1.82, 2.24) is 24.7 Å². The molecule has 0 radical (unpaired) electrons. The topological polar surface area (TPSA) is 144 Å². The lowest BCUT2D eigenvalue weighted by Crippen LogP contribution is -2.18. The molecule has 1 amide bonds. The number of nitrogens with one attached hydrogen (secondary N) is 2. The Morgan fingerprint density at radius 1 is 1.33 bits per heavy atom. The smallest absolute Gasteiger partial charge is 0.239 e. The predicted octanol–water partition coefficient (Wildman–Crippen LogP) is 1.10. The van der Waals surface area contributed by atoms with Gasteiger partial charge < -0.3 is 21.5 Å². The van der Waals surface area contributed by atoms with Crippen LogP contribution >= 0.6 is 11.6 Å². The van der Waals surface area contributed by atoms with Crippen LogP contribution in [0, 0.1) is 0 Å². The molecular formula is C16H17ClN8O2. The van der Waals surface area contributed by atoms with Crippen molar-refractivity contribution in [2.75, 3.05) is 17.2 Å². The Balaban J connectivity index is 1.75. The first-order valence-electron chi connectivity index (χ1n) is 7.94. The van der Waals surface area contributed by atoms with Crippen LogP contribution < -0.4 is 16.4 Å². The number of aromatic nitrogens is 5. The van der Waals surface area contributed by atoms with Crippen molar-refractivity contribution in [3.8, 4) is 0 Å². The van der Waals surface area contributed by atoms with E-state index in [0.717, 1.165) is 0 Å². The molecule has 3 heterocycles. The number of nitrogens with two attached hydrogens (primary N) is 1. The van der Waals surface area contributed by atoms with Crippen LogP contribution in [0.2, 0.25) is 5.02 Å². The Labute approximate surface area is 159 Å². The summed E-state index contributed by atoms with van der Waals surface area (Å²) in [5, 5.41) is 20.0. The molecule has 27 heavy (non-hydrogen) atoms. The summed E-state index contributed by atoms with van der Waals surface area (Å²) < 4.78 is 1.39. The number of primary amides is 1. The largest absolute Gasteiger partial charge is 0.394 e. The number of nitrogens with zero attached hydrogens (tertiary/aromatic N) is 5. The van der Waals surface area contributed by atoms with Crippen molar-refractivity contribution in [2.24, 2.45) is 5.73 Å². The van der Waals surface area contributed by atoms with Crippen molar-refractivity contribution in [1.29, 1.82) is 0 Å². The lowest BCUT2D eigenvalue weighted by atomic mass is 10.2. The number of carbonyl (C=O) groups is 1. The van der Waals surface area contributed by atoms with E-state index in [1.165, 1.54) is 17.1 Å². The summed E-state index contributed by atoms with van der Waals surface area (Å²) in [7, 11) is 0. The number of amides is 1. The van der Waals surface area contributed by atoms with Crippen LogP contribution in [0.4, 0.5) is 17.5 Å². The highest BCUT2D eigenvalue weighted by Gasteiger charge is 2.15. The molecule has 0 aliphatic carbocycles. The van der Waals surface area contributed by atoms with E-state index in [-0.39, 0.29) is 19.1 Å². The van der Waals surface area contributed by atoms with Gasteiger partial charge in [0.25, 0.3) is 0 Å². The zero-order valence-corrected chi connectivity index (χ0v) is 14.8. The maximum atomic E-state index is 10.9. The molecule has 0 fully saturated rings. The van der Waals surface area contributed by atoms with Crippen LogP contribution in [0.3, 0.4) is 0 Å². The summed E-state index contributed by atoms with van der Waals surface area (Å²) in [6.45, 7) is -0.224. The van der Waals surface area contributed by atoms with Crippen LogP contribution in [-0.4, -0.2) is 42.4 Å². The molecule has 0 bridgehead atoms. The van der Waals surface area contributed by atoms with Crippen LogP contribution in [0.25, 0.3) is 0 Å². The van der Waals surface area contributed by atoms with Crippen LogP contribution in [0.1, 0.15) is 11.7 Å². The van der Waals surface area contributed by atoms with Gasteiger partial charge in [0.1, 0.15) is 11.6 Å². The molecule has 140 valence electrons. The maximum absolute atomic E-state index is 10.9. The number of carbonyl (C=O) groups excluding carboxylic acids is 1. The third-order valence-corrected chi connectivity index (χ3v) is 3.77. The quantitative estimate of drug-likeness (QED) is 0.449. The van der Waals surface area contributed by atoms with Gasteiger partial charge in [0.2, 0.25) is 11.9 Å². The van der Waals surface area contributed by atoms with Gasteiger partial charge in [-0.15, -0.1) is 0 Å². The molecule has 0 aliphatic rings. The summed E-state index contributed by atoms with van der Waals surface area (Å²) in [6, 6.07) is 4.92. The van der Waals surface area contributed by atoms with E-state index in [1.807, 2.05) is 6.07 Å².